The molecule has 3 aromatic carbocycles. The van der Waals surface area contributed by atoms with Crippen LogP contribution in [-0.4, -0.2) is 23.4 Å². The molecule has 0 bridgehead atoms. The molecule has 2 heterocycles. The van der Waals surface area contributed by atoms with Crippen LogP contribution in [0.2, 0.25) is 0 Å². The Balaban J connectivity index is 1.53. The number of hydrogen-bond donors (Lipinski definition) is 0. The van der Waals surface area contributed by atoms with Gasteiger partial charge in [-0.2, -0.15) is 5.10 Å². The van der Waals surface area contributed by atoms with Gasteiger partial charge in [-0.25, -0.2) is 5.01 Å². The minimum atomic E-state index is -0.200. The van der Waals surface area contributed by atoms with Crippen LogP contribution in [-0.2, 0) is 0 Å². The molecule has 2 aliphatic heterocycles. The van der Waals surface area contributed by atoms with E-state index in [1.54, 1.807) is 5.01 Å². The van der Waals surface area contributed by atoms with Gasteiger partial charge in [0.25, 0.3) is 5.91 Å². The summed E-state index contributed by atoms with van der Waals surface area (Å²) in [6.07, 6.45) is 0.640. The van der Waals surface area contributed by atoms with Gasteiger partial charge in [0.2, 0.25) is 6.79 Å². The number of rotatable bonds is 3. The molecule has 5 nitrogen and oxygen atoms in total. The molecule has 0 spiro atoms. The Morgan fingerprint density at radius 1 is 0.966 bits per heavy atom. The van der Waals surface area contributed by atoms with Crippen molar-refractivity contribution >= 4 is 11.6 Å². The minimum Gasteiger partial charge on any atom is -0.454 e. The maximum Gasteiger partial charge on any atom is 0.274 e. The molecule has 0 saturated heterocycles. The molecule has 0 radical (unpaired) electrons. The highest BCUT2D eigenvalue weighted by Gasteiger charge is 2.34. The highest BCUT2D eigenvalue weighted by molar-refractivity contribution is 6.05. The standard InChI is InChI=1S/C24H20N2O3/c1-16-7-9-18(10-8-16)24(27)26-21(14-20(25-26)17-5-3-2-4-6-17)19-11-12-22-23(13-19)29-15-28-22/h2-13,21H,14-15H2,1H3/t21-/m1/s1. The second-order valence-electron chi connectivity index (χ2n) is 7.26. The molecule has 3 aromatic rings. The zero-order chi connectivity index (χ0) is 19.8. The van der Waals surface area contributed by atoms with Crippen molar-refractivity contribution in [2.75, 3.05) is 6.79 Å². The number of carbonyl (C=O) groups is 1. The number of amides is 1. The molecule has 0 aromatic heterocycles. The Kier molecular flexibility index (Phi) is 4.28. The third kappa shape index (κ3) is 3.25. The first-order chi connectivity index (χ1) is 14.2. The van der Waals surface area contributed by atoms with E-state index in [2.05, 4.69) is 0 Å². The Morgan fingerprint density at radius 2 is 1.72 bits per heavy atom. The van der Waals surface area contributed by atoms with Gasteiger partial charge in [0.05, 0.1) is 11.8 Å². The SMILES string of the molecule is Cc1ccc(C(=O)N2N=C(c3ccccc3)C[C@@H]2c2ccc3c(c2)OCO3)cc1. The number of carbonyl (C=O) groups excluding carboxylic acids is 1. The van der Waals surface area contributed by atoms with Crippen LogP contribution in [0.1, 0.15) is 39.5 Å². The number of benzene rings is 3. The Hall–Kier alpha value is -3.60. The molecule has 0 fully saturated rings. The van der Waals surface area contributed by atoms with Gasteiger partial charge >= 0.3 is 0 Å². The van der Waals surface area contributed by atoms with Crippen LogP contribution in [0.3, 0.4) is 0 Å². The lowest BCUT2D eigenvalue weighted by molar-refractivity contribution is 0.0711. The Morgan fingerprint density at radius 3 is 2.52 bits per heavy atom. The van der Waals surface area contributed by atoms with E-state index in [9.17, 15) is 4.79 Å². The van der Waals surface area contributed by atoms with Crippen LogP contribution in [0.5, 0.6) is 11.5 Å². The van der Waals surface area contributed by atoms with Crippen LogP contribution in [0.15, 0.2) is 77.9 Å². The quantitative estimate of drug-likeness (QED) is 0.657. The lowest BCUT2D eigenvalue weighted by Crippen LogP contribution is -2.27. The van der Waals surface area contributed by atoms with Crippen LogP contribution < -0.4 is 9.47 Å². The van der Waals surface area contributed by atoms with Crippen molar-refractivity contribution in [1.82, 2.24) is 5.01 Å². The summed E-state index contributed by atoms with van der Waals surface area (Å²) in [4.78, 5) is 13.3. The van der Waals surface area contributed by atoms with Gasteiger partial charge < -0.3 is 9.47 Å². The van der Waals surface area contributed by atoms with Crippen molar-refractivity contribution in [2.24, 2.45) is 5.10 Å². The van der Waals surface area contributed by atoms with Gasteiger partial charge in [-0.1, -0.05) is 54.1 Å². The van der Waals surface area contributed by atoms with Crippen LogP contribution in [0.25, 0.3) is 0 Å². The topological polar surface area (TPSA) is 51.1 Å². The molecule has 29 heavy (non-hydrogen) atoms. The summed E-state index contributed by atoms with van der Waals surface area (Å²) >= 11 is 0. The Bertz CT molecular complexity index is 1090. The first-order valence-electron chi connectivity index (χ1n) is 9.62. The van der Waals surface area contributed by atoms with E-state index in [0.29, 0.717) is 17.7 Å². The fourth-order valence-corrected chi connectivity index (χ4v) is 3.71. The van der Waals surface area contributed by atoms with Crippen molar-refractivity contribution < 1.29 is 14.3 Å². The number of hydrazone groups is 1. The summed E-state index contributed by atoms with van der Waals surface area (Å²) in [5.74, 6) is 1.32. The summed E-state index contributed by atoms with van der Waals surface area (Å²) in [6.45, 7) is 2.23. The third-order valence-corrected chi connectivity index (χ3v) is 5.31. The minimum absolute atomic E-state index is 0.112. The number of fused-ring (bicyclic) bond motifs is 1. The van der Waals surface area contributed by atoms with Gasteiger partial charge in [-0.3, -0.25) is 4.79 Å². The second-order valence-corrected chi connectivity index (χ2v) is 7.26. The van der Waals surface area contributed by atoms with Gasteiger partial charge in [-0.05, 0) is 42.3 Å². The molecule has 5 heteroatoms. The van der Waals surface area contributed by atoms with E-state index in [-0.39, 0.29) is 18.7 Å². The molecule has 1 atom stereocenters. The molecule has 0 aliphatic carbocycles. The molecule has 144 valence electrons. The molecular formula is C24H20N2O3. The largest absolute Gasteiger partial charge is 0.454 e. The molecule has 5 rings (SSSR count). The smallest absolute Gasteiger partial charge is 0.274 e. The normalized spacial score (nSPS) is 17.3. The average molecular weight is 384 g/mol. The maximum atomic E-state index is 13.3. The van der Waals surface area contributed by atoms with Crippen molar-refractivity contribution in [3.8, 4) is 11.5 Å². The van der Waals surface area contributed by atoms with Crippen molar-refractivity contribution in [3.05, 3.63) is 95.1 Å². The monoisotopic (exact) mass is 384 g/mol. The first-order valence-corrected chi connectivity index (χ1v) is 9.62. The fraction of sp³-hybridized carbons (Fsp3) is 0.167. The van der Waals surface area contributed by atoms with Crippen molar-refractivity contribution in [3.63, 3.8) is 0 Å². The van der Waals surface area contributed by atoms with Gasteiger partial charge in [0.15, 0.2) is 11.5 Å². The summed E-state index contributed by atoms with van der Waals surface area (Å²) in [6, 6.07) is 23.2. The second kappa shape index (κ2) is 7.09. The lowest BCUT2D eigenvalue weighted by atomic mass is 9.97. The summed E-state index contributed by atoms with van der Waals surface area (Å²) in [5.41, 5.74) is 4.64. The van der Waals surface area contributed by atoms with Crippen LogP contribution >= 0.6 is 0 Å². The van der Waals surface area contributed by atoms with E-state index in [1.165, 1.54) is 0 Å². The van der Waals surface area contributed by atoms with E-state index in [1.807, 2.05) is 79.7 Å². The highest BCUT2D eigenvalue weighted by atomic mass is 16.7. The van der Waals surface area contributed by atoms with Crippen LogP contribution in [0, 0.1) is 6.92 Å². The van der Waals surface area contributed by atoms with E-state index in [4.69, 9.17) is 14.6 Å². The molecular weight excluding hydrogens is 364 g/mol. The summed E-state index contributed by atoms with van der Waals surface area (Å²) in [7, 11) is 0. The summed E-state index contributed by atoms with van der Waals surface area (Å²) < 4.78 is 11.0. The summed E-state index contributed by atoms with van der Waals surface area (Å²) in [5, 5.41) is 6.34. The number of aryl methyl sites for hydroxylation is 1. The Labute approximate surface area is 169 Å². The molecule has 2 aliphatic rings. The average Bonchev–Trinajstić information content (AvgIpc) is 3.41. The maximum absolute atomic E-state index is 13.3. The van der Waals surface area contributed by atoms with E-state index in [0.717, 1.165) is 28.2 Å². The number of nitrogens with zero attached hydrogens (tertiary/aromatic N) is 2. The molecule has 0 N–H and O–H groups in total. The predicted molar refractivity (Wildman–Crippen MR) is 110 cm³/mol. The van der Waals surface area contributed by atoms with E-state index >= 15 is 0 Å². The lowest BCUT2D eigenvalue weighted by Gasteiger charge is -2.22. The van der Waals surface area contributed by atoms with Gasteiger partial charge in [0.1, 0.15) is 0 Å². The first kappa shape index (κ1) is 17.5. The molecule has 0 saturated carbocycles. The van der Waals surface area contributed by atoms with Crippen LogP contribution in [0.4, 0.5) is 0 Å². The highest BCUT2D eigenvalue weighted by Crippen LogP contribution is 2.39. The molecule has 1 amide bonds. The van der Waals surface area contributed by atoms with Gasteiger partial charge in [-0.15, -0.1) is 0 Å². The molecule has 0 unspecified atom stereocenters. The zero-order valence-electron chi connectivity index (χ0n) is 16.0. The number of ether oxygens (including phenoxy) is 2. The third-order valence-electron chi connectivity index (χ3n) is 5.31. The predicted octanol–water partition coefficient (Wildman–Crippen LogP) is 4.72. The van der Waals surface area contributed by atoms with E-state index < -0.39 is 0 Å². The number of hydrogen-bond acceptors (Lipinski definition) is 4. The van der Waals surface area contributed by atoms with Crippen molar-refractivity contribution in [1.29, 1.82) is 0 Å². The fourth-order valence-electron chi connectivity index (χ4n) is 3.71. The van der Waals surface area contributed by atoms with Gasteiger partial charge in [0, 0.05) is 12.0 Å². The van der Waals surface area contributed by atoms with Crippen molar-refractivity contribution in [2.45, 2.75) is 19.4 Å². The zero-order valence-corrected chi connectivity index (χ0v) is 16.0.